The Kier molecular flexibility index (Phi) is 2.58. The third kappa shape index (κ3) is 1.81. The van der Waals surface area contributed by atoms with E-state index in [0.717, 1.165) is 23.1 Å². The molecule has 0 bridgehead atoms. The van der Waals surface area contributed by atoms with E-state index < -0.39 is 0 Å². The van der Waals surface area contributed by atoms with Crippen LogP contribution in [0.5, 0.6) is 0 Å². The van der Waals surface area contributed by atoms with Crippen LogP contribution in [0.1, 0.15) is 0 Å². The first-order chi connectivity index (χ1) is 8.36. The topological polar surface area (TPSA) is 56.5 Å². The van der Waals surface area contributed by atoms with Crippen molar-refractivity contribution in [3.05, 3.63) is 41.7 Å². The van der Waals surface area contributed by atoms with Crippen molar-refractivity contribution in [1.29, 1.82) is 0 Å². The van der Waals surface area contributed by atoms with Gasteiger partial charge in [0.25, 0.3) is 0 Å². The largest absolute Gasteiger partial charge is 0.211 e. The predicted molar refractivity (Wildman–Crippen MR) is 65.3 cm³/mol. The van der Waals surface area contributed by atoms with Crippen LogP contribution in [0, 0.1) is 0 Å². The normalized spacial score (nSPS) is 10.6. The Bertz CT molecular complexity index is 633. The summed E-state index contributed by atoms with van der Waals surface area (Å²) in [6.45, 7) is 0. The summed E-state index contributed by atoms with van der Waals surface area (Å²) in [7, 11) is 0. The van der Waals surface area contributed by atoms with Crippen LogP contribution in [0.2, 0.25) is 5.15 Å². The van der Waals surface area contributed by atoms with E-state index in [0.29, 0.717) is 10.8 Å². The zero-order chi connectivity index (χ0) is 11.7. The van der Waals surface area contributed by atoms with Gasteiger partial charge in [-0.3, -0.25) is 0 Å². The minimum atomic E-state index is 0.370. The third-order valence-corrected chi connectivity index (χ3v) is 3.13. The van der Waals surface area contributed by atoms with Gasteiger partial charge in [-0.25, -0.2) is 4.68 Å². The Morgan fingerprint density at radius 3 is 2.65 bits per heavy atom. The Hall–Kier alpha value is -1.79. The summed E-state index contributed by atoms with van der Waals surface area (Å²) in [5.41, 5.74) is 2.24. The van der Waals surface area contributed by atoms with Crippen molar-refractivity contribution in [3.8, 4) is 17.1 Å². The minimum absolute atomic E-state index is 0.370. The molecule has 3 rings (SSSR count). The van der Waals surface area contributed by atoms with Gasteiger partial charge in [-0.05, 0) is 12.1 Å². The van der Waals surface area contributed by atoms with Gasteiger partial charge in [-0.2, -0.15) is 8.75 Å². The second kappa shape index (κ2) is 4.23. The first-order valence-corrected chi connectivity index (χ1v) is 5.91. The Morgan fingerprint density at radius 2 is 1.94 bits per heavy atom. The molecule has 0 saturated heterocycles. The number of benzene rings is 1. The number of halogens is 1. The van der Waals surface area contributed by atoms with E-state index in [1.807, 2.05) is 30.3 Å². The predicted octanol–water partition coefficient (Wildman–Crippen LogP) is 2.44. The minimum Gasteiger partial charge on any atom is -0.211 e. The SMILES string of the molecule is Clc1nsnc1-c1cnnn1-c1ccccc1. The van der Waals surface area contributed by atoms with Crippen LogP contribution in [-0.4, -0.2) is 23.7 Å². The van der Waals surface area contributed by atoms with Crippen molar-refractivity contribution >= 4 is 23.3 Å². The maximum atomic E-state index is 5.96. The van der Waals surface area contributed by atoms with E-state index in [-0.39, 0.29) is 0 Å². The van der Waals surface area contributed by atoms with Crippen molar-refractivity contribution in [2.45, 2.75) is 0 Å². The standard InChI is InChI=1S/C10H6ClN5S/c11-10-9(13-17-14-10)8-6-12-15-16(8)7-4-2-1-3-5-7/h1-6H. The van der Waals surface area contributed by atoms with E-state index in [9.17, 15) is 0 Å². The number of hydrogen-bond donors (Lipinski definition) is 0. The van der Waals surface area contributed by atoms with Crippen LogP contribution in [0.4, 0.5) is 0 Å². The van der Waals surface area contributed by atoms with Gasteiger partial charge in [0.2, 0.25) is 0 Å². The van der Waals surface area contributed by atoms with Gasteiger partial charge in [0.05, 0.1) is 23.6 Å². The number of aromatic nitrogens is 5. The van der Waals surface area contributed by atoms with Crippen LogP contribution >= 0.6 is 23.3 Å². The molecule has 0 aliphatic heterocycles. The van der Waals surface area contributed by atoms with Crippen molar-refractivity contribution in [1.82, 2.24) is 23.7 Å². The van der Waals surface area contributed by atoms with Gasteiger partial charge in [-0.1, -0.05) is 35.0 Å². The summed E-state index contributed by atoms with van der Waals surface area (Å²) in [6, 6.07) is 9.68. The second-order valence-electron chi connectivity index (χ2n) is 3.27. The molecule has 0 unspecified atom stereocenters. The molecule has 0 aliphatic carbocycles. The molecule has 0 spiro atoms. The molecule has 0 radical (unpaired) electrons. The molecule has 0 amide bonds. The van der Waals surface area contributed by atoms with Crippen LogP contribution in [0.3, 0.4) is 0 Å². The maximum absolute atomic E-state index is 5.96. The van der Waals surface area contributed by atoms with Crippen LogP contribution < -0.4 is 0 Å². The zero-order valence-electron chi connectivity index (χ0n) is 8.49. The molecular weight excluding hydrogens is 258 g/mol. The molecule has 2 aromatic heterocycles. The molecule has 84 valence electrons. The van der Waals surface area contributed by atoms with Gasteiger partial charge in [0.15, 0.2) is 5.15 Å². The molecule has 0 saturated carbocycles. The Balaban J connectivity index is 2.16. The first kappa shape index (κ1) is 10.4. The van der Waals surface area contributed by atoms with Crippen LogP contribution in [-0.2, 0) is 0 Å². The van der Waals surface area contributed by atoms with Gasteiger partial charge < -0.3 is 0 Å². The Morgan fingerprint density at radius 1 is 1.12 bits per heavy atom. The summed E-state index contributed by atoms with van der Waals surface area (Å²) < 4.78 is 9.76. The van der Waals surface area contributed by atoms with Crippen molar-refractivity contribution in [2.75, 3.05) is 0 Å². The van der Waals surface area contributed by atoms with Gasteiger partial charge in [0.1, 0.15) is 11.4 Å². The average Bonchev–Trinajstić information content (AvgIpc) is 2.98. The fourth-order valence-corrected chi connectivity index (χ4v) is 2.23. The lowest BCUT2D eigenvalue weighted by atomic mass is 10.3. The zero-order valence-corrected chi connectivity index (χ0v) is 10.1. The molecule has 7 heteroatoms. The fourth-order valence-electron chi connectivity index (χ4n) is 1.49. The van der Waals surface area contributed by atoms with Crippen LogP contribution in [0.25, 0.3) is 17.1 Å². The van der Waals surface area contributed by atoms with E-state index in [1.54, 1.807) is 10.9 Å². The maximum Gasteiger partial charge on any atom is 0.172 e. The van der Waals surface area contributed by atoms with E-state index in [2.05, 4.69) is 19.1 Å². The highest BCUT2D eigenvalue weighted by molar-refractivity contribution is 6.99. The fraction of sp³-hybridized carbons (Fsp3) is 0. The summed E-state index contributed by atoms with van der Waals surface area (Å²) in [4.78, 5) is 0. The molecule has 17 heavy (non-hydrogen) atoms. The first-order valence-electron chi connectivity index (χ1n) is 4.81. The van der Waals surface area contributed by atoms with E-state index in [1.165, 1.54) is 0 Å². The number of rotatable bonds is 2. The smallest absolute Gasteiger partial charge is 0.172 e. The van der Waals surface area contributed by atoms with E-state index in [4.69, 9.17) is 11.6 Å². The third-order valence-electron chi connectivity index (χ3n) is 2.24. The van der Waals surface area contributed by atoms with Crippen molar-refractivity contribution < 1.29 is 0 Å². The molecule has 0 aliphatic rings. The van der Waals surface area contributed by atoms with Crippen molar-refractivity contribution in [2.24, 2.45) is 0 Å². The highest BCUT2D eigenvalue weighted by Crippen LogP contribution is 2.26. The summed E-state index contributed by atoms with van der Waals surface area (Å²) >= 11 is 7.03. The molecule has 0 atom stereocenters. The van der Waals surface area contributed by atoms with Crippen molar-refractivity contribution in [3.63, 3.8) is 0 Å². The van der Waals surface area contributed by atoms with Crippen LogP contribution in [0.15, 0.2) is 36.5 Å². The summed E-state index contributed by atoms with van der Waals surface area (Å²) in [5.74, 6) is 0. The highest BCUT2D eigenvalue weighted by atomic mass is 35.5. The number of hydrogen-bond acceptors (Lipinski definition) is 5. The molecule has 0 fully saturated rings. The molecule has 2 heterocycles. The van der Waals surface area contributed by atoms with Gasteiger partial charge >= 0.3 is 0 Å². The molecule has 0 N–H and O–H groups in total. The number of para-hydroxylation sites is 1. The summed E-state index contributed by atoms with van der Waals surface area (Å²) in [6.07, 6.45) is 1.62. The lowest BCUT2D eigenvalue weighted by Crippen LogP contribution is -1.99. The van der Waals surface area contributed by atoms with Gasteiger partial charge in [0, 0.05) is 0 Å². The van der Waals surface area contributed by atoms with Gasteiger partial charge in [-0.15, -0.1) is 5.10 Å². The Labute approximate surface area is 106 Å². The molecule has 3 aromatic rings. The lowest BCUT2D eigenvalue weighted by Gasteiger charge is -2.03. The van der Waals surface area contributed by atoms with E-state index >= 15 is 0 Å². The average molecular weight is 264 g/mol. The monoisotopic (exact) mass is 263 g/mol. The lowest BCUT2D eigenvalue weighted by molar-refractivity contribution is 0.807. The molecule has 1 aromatic carbocycles. The summed E-state index contributed by atoms with van der Waals surface area (Å²) in [5, 5.41) is 8.29. The molecular formula is C10H6ClN5S. The quantitative estimate of drug-likeness (QED) is 0.713. The highest BCUT2D eigenvalue weighted by Gasteiger charge is 2.15. The molecule has 5 nitrogen and oxygen atoms in total. The second-order valence-corrected chi connectivity index (χ2v) is 4.16. The number of nitrogens with zero attached hydrogens (tertiary/aromatic N) is 5.